The van der Waals surface area contributed by atoms with E-state index in [2.05, 4.69) is 44.1 Å². The number of aromatic nitrogens is 3. The minimum absolute atomic E-state index is 0.164. The summed E-state index contributed by atoms with van der Waals surface area (Å²) in [7, 11) is 0. The molecule has 0 N–H and O–H groups in total. The van der Waals surface area contributed by atoms with Crippen LogP contribution in [0.2, 0.25) is 0 Å². The van der Waals surface area contributed by atoms with Crippen molar-refractivity contribution in [2.45, 2.75) is 25.8 Å². The molecule has 1 aliphatic carbocycles. The number of benzene rings is 1. The molecule has 1 saturated heterocycles. The second-order valence-electron chi connectivity index (χ2n) is 7.03. The highest BCUT2D eigenvalue weighted by atomic mass is 16.2. The standard InChI is InChI=1S/C19H25N5O/c25-19(18-6-5-16-3-1-2-4-17(16)13-18)23-10-7-22(8-11-23)9-12-24-15-20-14-21-24/h1-4,14-15,18H,5-13H2/t18-/m0/s1. The number of hydrogen-bond donors (Lipinski definition) is 0. The molecule has 2 aliphatic rings. The highest BCUT2D eigenvalue weighted by molar-refractivity contribution is 5.79. The molecule has 2 heterocycles. The second kappa shape index (κ2) is 7.35. The number of piperazine rings is 1. The van der Waals surface area contributed by atoms with E-state index in [4.69, 9.17) is 0 Å². The van der Waals surface area contributed by atoms with E-state index >= 15 is 0 Å². The molecule has 1 atom stereocenters. The van der Waals surface area contributed by atoms with E-state index in [0.717, 1.165) is 58.5 Å². The maximum Gasteiger partial charge on any atom is 0.226 e. The maximum absolute atomic E-state index is 12.9. The van der Waals surface area contributed by atoms with Gasteiger partial charge in [-0.25, -0.2) is 4.98 Å². The molecule has 2 aromatic rings. The Bertz CT molecular complexity index is 706. The van der Waals surface area contributed by atoms with Gasteiger partial charge in [0.1, 0.15) is 12.7 Å². The molecule has 0 bridgehead atoms. The van der Waals surface area contributed by atoms with Crippen LogP contribution in [0.5, 0.6) is 0 Å². The molecular formula is C19H25N5O. The lowest BCUT2D eigenvalue weighted by atomic mass is 9.83. The van der Waals surface area contributed by atoms with Crippen molar-refractivity contribution in [2.75, 3.05) is 32.7 Å². The molecule has 6 heteroatoms. The topological polar surface area (TPSA) is 54.3 Å². The lowest BCUT2D eigenvalue weighted by Crippen LogP contribution is -2.51. The lowest BCUT2D eigenvalue weighted by molar-refractivity contribution is -0.137. The lowest BCUT2D eigenvalue weighted by Gasteiger charge is -2.37. The molecular weight excluding hydrogens is 314 g/mol. The third-order valence-electron chi connectivity index (χ3n) is 5.49. The molecule has 1 amide bonds. The van der Waals surface area contributed by atoms with Gasteiger partial charge in [0.15, 0.2) is 0 Å². The highest BCUT2D eigenvalue weighted by Crippen LogP contribution is 2.27. The van der Waals surface area contributed by atoms with Gasteiger partial charge in [-0.3, -0.25) is 14.4 Å². The van der Waals surface area contributed by atoms with Crippen LogP contribution in [0.1, 0.15) is 17.5 Å². The van der Waals surface area contributed by atoms with Crippen LogP contribution < -0.4 is 0 Å². The van der Waals surface area contributed by atoms with Crippen LogP contribution in [-0.2, 0) is 24.2 Å². The van der Waals surface area contributed by atoms with Crippen LogP contribution in [-0.4, -0.2) is 63.2 Å². The number of rotatable bonds is 4. The van der Waals surface area contributed by atoms with Gasteiger partial charge in [0, 0.05) is 38.6 Å². The Kier molecular flexibility index (Phi) is 4.78. The number of hydrogen-bond acceptors (Lipinski definition) is 4. The van der Waals surface area contributed by atoms with E-state index in [1.807, 2.05) is 4.68 Å². The molecule has 4 rings (SSSR count). The SMILES string of the molecule is O=C([C@H]1CCc2ccccc2C1)N1CCN(CCn2cncn2)CC1. The van der Waals surface area contributed by atoms with Crippen molar-refractivity contribution in [2.24, 2.45) is 5.92 Å². The zero-order chi connectivity index (χ0) is 17.1. The molecule has 0 radical (unpaired) electrons. The number of amides is 1. The predicted octanol–water partition coefficient (Wildman–Crippen LogP) is 1.23. The van der Waals surface area contributed by atoms with E-state index < -0.39 is 0 Å². The first-order valence-electron chi connectivity index (χ1n) is 9.20. The van der Waals surface area contributed by atoms with Crippen LogP contribution in [0.15, 0.2) is 36.9 Å². The molecule has 0 unspecified atom stereocenters. The molecule has 6 nitrogen and oxygen atoms in total. The van der Waals surface area contributed by atoms with Gasteiger partial charge in [0.2, 0.25) is 5.91 Å². The van der Waals surface area contributed by atoms with Gasteiger partial charge < -0.3 is 4.90 Å². The minimum atomic E-state index is 0.164. The number of fused-ring (bicyclic) bond motifs is 1. The second-order valence-corrected chi connectivity index (χ2v) is 7.03. The molecule has 1 aromatic heterocycles. The Morgan fingerprint density at radius 3 is 2.64 bits per heavy atom. The summed E-state index contributed by atoms with van der Waals surface area (Å²) in [5.74, 6) is 0.516. The summed E-state index contributed by atoms with van der Waals surface area (Å²) in [5, 5.41) is 4.14. The van der Waals surface area contributed by atoms with Gasteiger partial charge >= 0.3 is 0 Å². The van der Waals surface area contributed by atoms with Crippen molar-refractivity contribution in [3.63, 3.8) is 0 Å². The number of nitrogens with zero attached hydrogens (tertiary/aromatic N) is 5. The smallest absolute Gasteiger partial charge is 0.226 e. The zero-order valence-corrected chi connectivity index (χ0v) is 14.5. The molecule has 1 fully saturated rings. The highest BCUT2D eigenvalue weighted by Gasteiger charge is 2.30. The maximum atomic E-state index is 12.9. The van der Waals surface area contributed by atoms with Crippen molar-refractivity contribution in [1.82, 2.24) is 24.6 Å². The Hall–Kier alpha value is -2.21. The third-order valence-corrected chi connectivity index (χ3v) is 5.49. The molecule has 132 valence electrons. The summed E-state index contributed by atoms with van der Waals surface area (Å²) >= 11 is 0. The normalized spacial score (nSPS) is 21.1. The molecule has 1 aliphatic heterocycles. The fourth-order valence-corrected chi connectivity index (χ4v) is 3.95. The third kappa shape index (κ3) is 3.74. The van der Waals surface area contributed by atoms with Crippen molar-refractivity contribution in [1.29, 1.82) is 0 Å². The van der Waals surface area contributed by atoms with E-state index in [-0.39, 0.29) is 5.92 Å². The van der Waals surface area contributed by atoms with Crippen LogP contribution in [0, 0.1) is 5.92 Å². The van der Waals surface area contributed by atoms with E-state index in [9.17, 15) is 4.79 Å². The summed E-state index contributed by atoms with van der Waals surface area (Å²) in [6, 6.07) is 8.56. The molecule has 1 aromatic carbocycles. The first-order valence-corrected chi connectivity index (χ1v) is 9.20. The van der Waals surface area contributed by atoms with Crippen molar-refractivity contribution < 1.29 is 4.79 Å². The summed E-state index contributed by atoms with van der Waals surface area (Å²) < 4.78 is 1.86. The largest absolute Gasteiger partial charge is 0.340 e. The van der Waals surface area contributed by atoms with Crippen molar-refractivity contribution in [3.8, 4) is 0 Å². The van der Waals surface area contributed by atoms with Crippen LogP contribution in [0.3, 0.4) is 0 Å². The van der Waals surface area contributed by atoms with Crippen molar-refractivity contribution >= 4 is 5.91 Å². The van der Waals surface area contributed by atoms with Crippen molar-refractivity contribution in [3.05, 3.63) is 48.0 Å². The first-order chi connectivity index (χ1) is 12.3. The Morgan fingerprint density at radius 2 is 1.88 bits per heavy atom. The van der Waals surface area contributed by atoms with Gasteiger partial charge in [0.05, 0.1) is 6.54 Å². The first kappa shape index (κ1) is 16.3. The number of carbonyl (C=O) groups excluding carboxylic acids is 1. The molecule has 0 spiro atoms. The van der Waals surface area contributed by atoms with Gasteiger partial charge in [-0.05, 0) is 30.4 Å². The van der Waals surface area contributed by atoms with E-state index in [1.165, 1.54) is 11.1 Å². The molecule has 0 saturated carbocycles. The average Bonchev–Trinajstić information content (AvgIpc) is 3.19. The van der Waals surface area contributed by atoms with E-state index in [1.54, 1.807) is 12.7 Å². The molecule has 25 heavy (non-hydrogen) atoms. The quantitative estimate of drug-likeness (QED) is 0.841. The van der Waals surface area contributed by atoms with Gasteiger partial charge in [-0.1, -0.05) is 24.3 Å². The zero-order valence-electron chi connectivity index (χ0n) is 14.5. The summed E-state index contributed by atoms with van der Waals surface area (Å²) in [6.45, 7) is 5.39. The summed E-state index contributed by atoms with van der Waals surface area (Å²) in [4.78, 5) is 21.3. The predicted molar refractivity (Wildman–Crippen MR) is 95.0 cm³/mol. The van der Waals surface area contributed by atoms with E-state index in [0.29, 0.717) is 5.91 Å². The van der Waals surface area contributed by atoms with Crippen LogP contribution in [0.25, 0.3) is 0 Å². The summed E-state index contributed by atoms with van der Waals surface area (Å²) in [5.41, 5.74) is 2.78. The van der Waals surface area contributed by atoms with Crippen LogP contribution in [0.4, 0.5) is 0 Å². The number of carbonyl (C=O) groups is 1. The summed E-state index contributed by atoms with van der Waals surface area (Å²) in [6.07, 6.45) is 6.24. The van der Waals surface area contributed by atoms with Gasteiger partial charge in [-0.2, -0.15) is 5.10 Å². The average molecular weight is 339 g/mol. The fourth-order valence-electron chi connectivity index (χ4n) is 3.95. The Labute approximate surface area is 148 Å². The van der Waals surface area contributed by atoms with Gasteiger partial charge in [0.25, 0.3) is 0 Å². The Morgan fingerprint density at radius 1 is 1.08 bits per heavy atom. The fraction of sp³-hybridized carbons (Fsp3) is 0.526. The monoisotopic (exact) mass is 339 g/mol. The number of aryl methyl sites for hydroxylation is 1. The van der Waals surface area contributed by atoms with Crippen LogP contribution >= 0.6 is 0 Å². The van der Waals surface area contributed by atoms with Gasteiger partial charge in [-0.15, -0.1) is 0 Å². The minimum Gasteiger partial charge on any atom is -0.340 e. The Balaban J connectivity index is 1.27.